The van der Waals surface area contributed by atoms with Crippen molar-refractivity contribution >= 4 is 23.3 Å². The first kappa shape index (κ1) is 13.3. The minimum atomic E-state index is -3.06. The van der Waals surface area contributed by atoms with Crippen molar-refractivity contribution in [1.29, 1.82) is 0 Å². The number of carbonyl (C=O) groups excluding carboxylic acids is 2. The minimum absolute atomic E-state index is 0.137. The zero-order valence-electron chi connectivity index (χ0n) is 7.94. The van der Waals surface area contributed by atoms with E-state index in [1.807, 2.05) is 5.32 Å². The Morgan fingerprint density at radius 2 is 1.93 bits per heavy atom. The zero-order chi connectivity index (χ0) is 11.4. The highest BCUT2D eigenvalue weighted by atomic mass is 35.5. The van der Waals surface area contributed by atoms with Crippen LogP contribution in [0.1, 0.15) is 13.8 Å². The van der Waals surface area contributed by atoms with Gasteiger partial charge in [0.2, 0.25) is 0 Å². The number of alkyl halides is 3. The van der Waals surface area contributed by atoms with Crippen LogP contribution in [0.15, 0.2) is 0 Å². The molecule has 0 aromatic rings. The molecule has 3 nitrogen and oxygen atoms in total. The predicted octanol–water partition coefficient (Wildman–Crippen LogP) is 1.20. The molecule has 0 atom stereocenters. The highest BCUT2D eigenvalue weighted by Crippen LogP contribution is 2.16. The second-order valence-corrected chi connectivity index (χ2v) is 3.73. The topological polar surface area (TPSA) is 46.2 Å². The van der Waals surface area contributed by atoms with Crippen molar-refractivity contribution in [2.45, 2.75) is 20.3 Å². The molecule has 0 aromatic heterocycles. The summed E-state index contributed by atoms with van der Waals surface area (Å²) < 4.78 is 23.5. The lowest BCUT2D eigenvalue weighted by atomic mass is 9.89. The molecule has 1 N–H and O–H groups in total. The number of carbonyl (C=O) groups is 2. The zero-order valence-corrected chi connectivity index (χ0v) is 8.70. The maximum absolute atomic E-state index is 11.8. The monoisotopic (exact) mass is 227 g/mol. The van der Waals surface area contributed by atoms with E-state index < -0.39 is 17.7 Å². The Morgan fingerprint density at radius 3 is 2.29 bits per heavy atom. The van der Waals surface area contributed by atoms with Crippen molar-refractivity contribution in [2.75, 3.05) is 12.4 Å². The summed E-state index contributed by atoms with van der Waals surface area (Å²) in [5.74, 6) is -1.87. The van der Waals surface area contributed by atoms with Crippen molar-refractivity contribution in [3.05, 3.63) is 0 Å². The fourth-order valence-corrected chi connectivity index (χ4v) is 1.03. The first-order chi connectivity index (χ1) is 6.31. The van der Waals surface area contributed by atoms with E-state index in [9.17, 15) is 18.4 Å². The van der Waals surface area contributed by atoms with Gasteiger partial charge in [0.15, 0.2) is 5.78 Å². The van der Waals surface area contributed by atoms with Gasteiger partial charge in [-0.05, 0) is 0 Å². The minimum Gasteiger partial charge on any atom is -0.350 e. The lowest BCUT2D eigenvalue weighted by Gasteiger charge is -2.22. The maximum Gasteiger partial charge on any atom is 0.315 e. The van der Waals surface area contributed by atoms with Gasteiger partial charge in [0.05, 0.1) is 5.88 Å². The second kappa shape index (κ2) is 5.24. The fraction of sp³-hybridized carbons (Fsp3) is 0.750. The van der Waals surface area contributed by atoms with Crippen molar-refractivity contribution in [1.82, 2.24) is 5.32 Å². The van der Waals surface area contributed by atoms with Gasteiger partial charge in [-0.1, -0.05) is 13.8 Å². The van der Waals surface area contributed by atoms with Gasteiger partial charge in [0.1, 0.15) is 0 Å². The molecule has 0 aliphatic heterocycles. The molecular weight excluding hydrogens is 216 g/mol. The quantitative estimate of drug-likeness (QED) is 0.718. The summed E-state index contributed by atoms with van der Waals surface area (Å²) in [5.41, 5.74) is -0.910. The number of hydrogen-bond donors (Lipinski definition) is 1. The van der Waals surface area contributed by atoms with Crippen molar-refractivity contribution in [2.24, 2.45) is 5.41 Å². The molecule has 82 valence electrons. The third-order valence-electron chi connectivity index (χ3n) is 1.78. The molecule has 0 aliphatic rings. The van der Waals surface area contributed by atoms with Gasteiger partial charge in [0, 0.05) is 12.0 Å². The van der Waals surface area contributed by atoms with Crippen LogP contribution in [0.4, 0.5) is 8.78 Å². The van der Waals surface area contributed by atoms with Gasteiger partial charge in [0.25, 0.3) is 5.91 Å². The van der Waals surface area contributed by atoms with E-state index in [-0.39, 0.29) is 18.2 Å². The first-order valence-electron chi connectivity index (χ1n) is 3.96. The number of rotatable bonds is 5. The Kier molecular flexibility index (Phi) is 4.97. The maximum atomic E-state index is 11.8. The van der Waals surface area contributed by atoms with Gasteiger partial charge >= 0.3 is 6.43 Å². The van der Waals surface area contributed by atoms with E-state index in [2.05, 4.69) is 0 Å². The summed E-state index contributed by atoms with van der Waals surface area (Å²) >= 11 is 5.30. The molecule has 0 bridgehead atoms. The average molecular weight is 228 g/mol. The van der Waals surface area contributed by atoms with Gasteiger partial charge in [-0.25, -0.2) is 0 Å². The molecule has 0 aliphatic carbocycles. The summed E-state index contributed by atoms with van der Waals surface area (Å²) in [6.45, 7) is 2.93. The summed E-state index contributed by atoms with van der Waals surface area (Å²) in [6.07, 6.45) is -3.06. The number of Topliss-reactive ketones (excluding diaryl/α,β-unsaturated/α-hetero) is 1. The second-order valence-electron chi connectivity index (χ2n) is 3.46. The molecule has 0 radical (unpaired) electrons. The Morgan fingerprint density at radius 1 is 1.43 bits per heavy atom. The Balaban J connectivity index is 4.12. The molecule has 0 unspecified atom stereocenters. The smallest absolute Gasteiger partial charge is 0.315 e. The van der Waals surface area contributed by atoms with Crippen LogP contribution in [0.3, 0.4) is 0 Å². The fourth-order valence-electron chi connectivity index (χ4n) is 0.665. The van der Waals surface area contributed by atoms with Crippen LogP contribution in [0.25, 0.3) is 0 Å². The van der Waals surface area contributed by atoms with Crippen molar-refractivity contribution < 1.29 is 18.4 Å². The molecule has 6 heteroatoms. The summed E-state index contributed by atoms with van der Waals surface area (Å²) in [5, 5.41) is 1.97. The van der Waals surface area contributed by atoms with Crippen LogP contribution in [-0.2, 0) is 9.59 Å². The SMILES string of the molecule is CC(C)(CNC(=O)C(F)F)C(=O)CCl. The predicted molar refractivity (Wildman–Crippen MR) is 48.5 cm³/mol. The third-order valence-corrected chi connectivity index (χ3v) is 2.02. The number of hydrogen-bond acceptors (Lipinski definition) is 2. The van der Waals surface area contributed by atoms with Crippen LogP contribution in [0.5, 0.6) is 0 Å². The average Bonchev–Trinajstić information content (AvgIpc) is 2.12. The van der Waals surface area contributed by atoms with E-state index in [0.29, 0.717) is 0 Å². The van der Waals surface area contributed by atoms with E-state index >= 15 is 0 Å². The summed E-state index contributed by atoms with van der Waals surface area (Å²) in [7, 11) is 0. The molecule has 0 spiro atoms. The Bertz CT molecular complexity index is 231. The van der Waals surface area contributed by atoms with Crippen LogP contribution < -0.4 is 5.32 Å². The van der Waals surface area contributed by atoms with E-state index in [1.165, 1.54) is 13.8 Å². The van der Waals surface area contributed by atoms with E-state index in [0.717, 1.165) is 0 Å². The van der Waals surface area contributed by atoms with Gasteiger partial charge < -0.3 is 5.32 Å². The normalized spacial score (nSPS) is 11.6. The third kappa shape index (κ3) is 4.00. The first-order valence-corrected chi connectivity index (χ1v) is 4.50. The largest absolute Gasteiger partial charge is 0.350 e. The molecule has 0 saturated carbocycles. The van der Waals surface area contributed by atoms with Crippen LogP contribution in [-0.4, -0.2) is 30.5 Å². The van der Waals surface area contributed by atoms with E-state index in [4.69, 9.17) is 11.6 Å². The highest BCUT2D eigenvalue weighted by Gasteiger charge is 2.28. The number of nitrogens with one attached hydrogen (secondary N) is 1. The summed E-state index contributed by atoms with van der Waals surface area (Å²) in [4.78, 5) is 21.6. The summed E-state index contributed by atoms with van der Waals surface area (Å²) in [6, 6.07) is 0. The van der Waals surface area contributed by atoms with Crippen LogP contribution >= 0.6 is 11.6 Å². The molecule has 14 heavy (non-hydrogen) atoms. The van der Waals surface area contributed by atoms with Gasteiger partial charge in [-0.2, -0.15) is 8.78 Å². The Hall–Kier alpha value is -0.710. The number of amides is 1. The molecule has 0 heterocycles. The highest BCUT2D eigenvalue weighted by molar-refractivity contribution is 6.28. The molecule has 0 fully saturated rings. The standard InChI is InChI=1S/C8H12ClF2NO2/c1-8(2,5(13)3-9)4-12-7(14)6(10)11/h6H,3-4H2,1-2H3,(H,12,14). The number of ketones is 1. The molecular formula is C8H12ClF2NO2. The molecule has 0 rings (SSSR count). The van der Waals surface area contributed by atoms with Gasteiger partial charge in [-0.3, -0.25) is 9.59 Å². The lowest BCUT2D eigenvalue weighted by molar-refractivity contribution is -0.133. The lowest BCUT2D eigenvalue weighted by Crippen LogP contribution is -2.41. The van der Waals surface area contributed by atoms with Crippen LogP contribution in [0.2, 0.25) is 0 Å². The van der Waals surface area contributed by atoms with Crippen molar-refractivity contribution in [3.8, 4) is 0 Å². The Labute approximate surface area is 85.8 Å². The molecule has 0 aromatic carbocycles. The van der Waals surface area contributed by atoms with Crippen molar-refractivity contribution in [3.63, 3.8) is 0 Å². The van der Waals surface area contributed by atoms with Gasteiger partial charge in [-0.15, -0.1) is 11.6 Å². The molecule has 1 amide bonds. The molecule has 0 saturated heterocycles. The number of halogens is 3. The van der Waals surface area contributed by atoms with E-state index in [1.54, 1.807) is 0 Å². The van der Waals surface area contributed by atoms with Crippen LogP contribution in [0, 0.1) is 5.41 Å².